The van der Waals surface area contributed by atoms with Crippen LogP contribution in [-0.4, -0.2) is 41.1 Å². The number of halogens is 2. The number of aryl methyl sites for hydroxylation is 1. The first kappa shape index (κ1) is 19.6. The number of hydrogen-bond donors (Lipinski definition) is 2. The SMILES string of the molecule is NC(=O)O[C@@H](CCCc1ccc(N)cn1)C(=O)N1CCC(=C(F)F)CC1. The van der Waals surface area contributed by atoms with E-state index in [9.17, 15) is 18.4 Å². The molecule has 7 nitrogen and oxygen atoms in total. The Hall–Kier alpha value is -2.71. The number of ether oxygens (including phenoxy) is 1. The lowest BCUT2D eigenvalue weighted by atomic mass is 10.0. The Labute approximate surface area is 150 Å². The Morgan fingerprint density at radius 2 is 1.96 bits per heavy atom. The molecule has 0 unspecified atom stereocenters. The first-order valence-corrected chi connectivity index (χ1v) is 8.35. The highest BCUT2D eigenvalue weighted by Crippen LogP contribution is 2.23. The number of primary amides is 1. The van der Waals surface area contributed by atoms with Crippen LogP contribution in [0.1, 0.15) is 31.4 Å². The Morgan fingerprint density at radius 3 is 2.50 bits per heavy atom. The molecule has 4 N–H and O–H groups in total. The molecule has 1 aliphatic rings. The second-order valence-electron chi connectivity index (χ2n) is 6.09. The molecule has 2 amide bonds. The van der Waals surface area contributed by atoms with Gasteiger partial charge in [-0.1, -0.05) is 0 Å². The lowest BCUT2D eigenvalue weighted by molar-refractivity contribution is -0.141. The zero-order valence-corrected chi connectivity index (χ0v) is 14.3. The van der Waals surface area contributed by atoms with Crippen LogP contribution in [0.3, 0.4) is 0 Å². The highest BCUT2D eigenvalue weighted by atomic mass is 19.3. The van der Waals surface area contributed by atoms with Gasteiger partial charge < -0.3 is 21.1 Å². The van der Waals surface area contributed by atoms with Crippen LogP contribution < -0.4 is 11.5 Å². The molecule has 1 aromatic rings. The van der Waals surface area contributed by atoms with Crippen LogP contribution in [-0.2, 0) is 16.0 Å². The van der Waals surface area contributed by atoms with Crippen LogP contribution in [0.5, 0.6) is 0 Å². The molecule has 1 aromatic heterocycles. The van der Waals surface area contributed by atoms with Crippen LogP contribution >= 0.6 is 0 Å². The van der Waals surface area contributed by atoms with Crippen molar-refractivity contribution in [2.45, 2.75) is 38.2 Å². The number of amides is 2. The molecule has 1 aliphatic heterocycles. The molecular formula is C17H22F2N4O3. The van der Waals surface area contributed by atoms with Crippen molar-refractivity contribution in [3.8, 4) is 0 Å². The first-order chi connectivity index (χ1) is 12.4. The molecule has 0 radical (unpaired) electrons. The van der Waals surface area contributed by atoms with Gasteiger partial charge in [-0.15, -0.1) is 0 Å². The quantitative estimate of drug-likeness (QED) is 0.800. The van der Waals surface area contributed by atoms with Gasteiger partial charge in [0.15, 0.2) is 6.10 Å². The molecule has 142 valence electrons. The summed E-state index contributed by atoms with van der Waals surface area (Å²) in [6.45, 7) is 0.341. The summed E-state index contributed by atoms with van der Waals surface area (Å²) in [6, 6.07) is 3.51. The van der Waals surface area contributed by atoms with Gasteiger partial charge in [0, 0.05) is 18.8 Å². The minimum absolute atomic E-state index is 0.0656. The van der Waals surface area contributed by atoms with E-state index in [4.69, 9.17) is 16.2 Å². The standard InChI is InChI=1S/C17H22F2N4O3/c18-15(19)11-6-8-23(9-7-11)16(24)14(26-17(21)25)3-1-2-13-5-4-12(20)10-22-13/h4-5,10,14H,1-3,6-9,20H2,(H2,21,25)/t14-/m0/s1. The molecule has 0 bridgehead atoms. The minimum atomic E-state index is -1.68. The molecule has 0 saturated carbocycles. The smallest absolute Gasteiger partial charge is 0.405 e. The molecule has 0 spiro atoms. The summed E-state index contributed by atoms with van der Waals surface area (Å²) in [5, 5.41) is 0. The van der Waals surface area contributed by atoms with Gasteiger partial charge in [0.2, 0.25) is 0 Å². The van der Waals surface area contributed by atoms with E-state index in [1.807, 2.05) is 0 Å². The number of likely N-dealkylation sites (tertiary alicyclic amines) is 1. The number of nitrogen functional groups attached to an aromatic ring is 1. The second kappa shape index (κ2) is 9.12. The van der Waals surface area contributed by atoms with Gasteiger partial charge in [-0.3, -0.25) is 9.78 Å². The second-order valence-corrected chi connectivity index (χ2v) is 6.09. The van der Waals surface area contributed by atoms with Crippen molar-refractivity contribution in [1.29, 1.82) is 0 Å². The Morgan fingerprint density at radius 1 is 1.27 bits per heavy atom. The van der Waals surface area contributed by atoms with E-state index in [0.29, 0.717) is 18.5 Å². The van der Waals surface area contributed by atoms with Crippen LogP contribution in [0.4, 0.5) is 19.3 Å². The number of aromatic nitrogens is 1. The average Bonchev–Trinajstić information content (AvgIpc) is 2.61. The average molecular weight is 368 g/mol. The van der Waals surface area contributed by atoms with Gasteiger partial charge in [-0.25, -0.2) is 4.79 Å². The Bertz CT molecular complexity index is 665. The molecule has 26 heavy (non-hydrogen) atoms. The van der Waals surface area contributed by atoms with E-state index in [0.717, 1.165) is 5.69 Å². The number of hydrogen-bond acceptors (Lipinski definition) is 5. The van der Waals surface area contributed by atoms with Gasteiger partial charge in [-0.05, 0) is 49.8 Å². The zero-order chi connectivity index (χ0) is 19.1. The molecule has 1 atom stereocenters. The normalized spacial score (nSPS) is 15.5. The minimum Gasteiger partial charge on any atom is -0.436 e. The molecule has 0 aromatic carbocycles. The number of piperidine rings is 1. The number of carbonyl (C=O) groups excluding carboxylic acids is 2. The van der Waals surface area contributed by atoms with Crippen LogP contribution in [0.25, 0.3) is 0 Å². The molecule has 2 heterocycles. The third kappa shape index (κ3) is 5.68. The van der Waals surface area contributed by atoms with E-state index in [-0.39, 0.29) is 37.9 Å². The van der Waals surface area contributed by atoms with Gasteiger partial charge in [-0.2, -0.15) is 8.78 Å². The summed E-state index contributed by atoms with van der Waals surface area (Å²) in [5.74, 6) is -0.410. The monoisotopic (exact) mass is 368 g/mol. The largest absolute Gasteiger partial charge is 0.436 e. The summed E-state index contributed by atoms with van der Waals surface area (Å²) >= 11 is 0. The van der Waals surface area contributed by atoms with E-state index >= 15 is 0 Å². The van der Waals surface area contributed by atoms with E-state index in [2.05, 4.69) is 4.98 Å². The number of pyridine rings is 1. The predicted molar refractivity (Wildman–Crippen MR) is 91.1 cm³/mol. The fourth-order valence-electron chi connectivity index (χ4n) is 2.82. The highest BCUT2D eigenvalue weighted by Gasteiger charge is 2.29. The first-order valence-electron chi connectivity index (χ1n) is 8.35. The van der Waals surface area contributed by atoms with E-state index in [1.165, 1.54) is 4.90 Å². The van der Waals surface area contributed by atoms with Gasteiger partial charge in [0.05, 0.1) is 11.9 Å². The zero-order valence-electron chi connectivity index (χ0n) is 14.3. The lowest BCUT2D eigenvalue weighted by Gasteiger charge is -2.30. The number of carbonyl (C=O) groups is 2. The number of rotatable bonds is 6. The summed E-state index contributed by atoms with van der Waals surface area (Å²) in [4.78, 5) is 29.3. The van der Waals surface area contributed by atoms with Crippen LogP contribution in [0, 0.1) is 0 Å². The lowest BCUT2D eigenvalue weighted by Crippen LogP contribution is -2.45. The van der Waals surface area contributed by atoms with Gasteiger partial charge in [0.1, 0.15) is 0 Å². The predicted octanol–water partition coefficient (Wildman–Crippen LogP) is 2.22. The summed E-state index contributed by atoms with van der Waals surface area (Å²) < 4.78 is 30.2. The van der Waals surface area contributed by atoms with Crippen LogP contribution in [0.2, 0.25) is 0 Å². The van der Waals surface area contributed by atoms with E-state index < -0.39 is 24.2 Å². The Balaban J connectivity index is 1.91. The molecule has 9 heteroatoms. The Kier molecular flexibility index (Phi) is 6.88. The molecule has 1 saturated heterocycles. The molecule has 1 fully saturated rings. The fraction of sp³-hybridized carbons (Fsp3) is 0.471. The van der Waals surface area contributed by atoms with Crippen molar-refractivity contribution < 1.29 is 23.1 Å². The summed E-state index contributed by atoms with van der Waals surface area (Å²) in [6.07, 6.45) is -0.586. The van der Waals surface area contributed by atoms with Crippen molar-refractivity contribution in [3.63, 3.8) is 0 Å². The van der Waals surface area contributed by atoms with Crippen molar-refractivity contribution in [2.75, 3.05) is 18.8 Å². The fourth-order valence-corrected chi connectivity index (χ4v) is 2.82. The molecular weight excluding hydrogens is 346 g/mol. The maximum absolute atomic E-state index is 12.6. The highest BCUT2D eigenvalue weighted by molar-refractivity contribution is 5.83. The number of nitrogens with two attached hydrogens (primary N) is 2. The maximum Gasteiger partial charge on any atom is 0.405 e. The number of anilines is 1. The van der Waals surface area contributed by atoms with Crippen molar-refractivity contribution in [3.05, 3.63) is 35.7 Å². The molecule has 0 aliphatic carbocycles. The topological polar surface area (TPSA) is 112 Å². The van der Waals surface area contributed by atoms with Gasteiger partial charge in [0.25, 0.3) is 12.0 Å². The summed E-state index contributed by atoms with van der Waals surface area (Å²) in [7, 11) is 0. The maximum atomic E-state index is 12.6. The number of nitrogens with zero attached hydrogens (tertiary/aromatic N) is 2. The van der Waals surface area contributed by atoms with Gasteiger partial charge >= 0.3 is 6.09 Å². The third-order valence-electron chi connectivity index (χ3n) is 4.23. The van der Waals surface area contributed by atoms with E-state index in [1.54, 1.807) is 18.3 Å². The van der Waals surface area contributed by atoms with Crippen molar-refractivity contribution in [2.24, 2.45) is 5.73 Å². The summed E-state index contributed by atoms with van der Waals surface area (Å²) in [5.41, 5.74) is 12.1. The molecule has 2 rings (SSSR count). The third-order valence-corrected chi connectivity index (χ3v) is 4.23. The van der Waals surface area contributed by atoms with Crippen molar-refractivity contribution >= 4 is 17.7 Å². The van der Waals surface area contributed by atoms with Crippen LogP contribution in [0.15, 0.2) is 30.0 Å². The van der Waals surface area contributed by atoms with Crippen molar-refractivity contribution in [1.82, 2.24) is 9.88 Å².